The Hall–Kier alpha value is -1.02. The molecule has 1 aliphatic rings. The molecule has 1 aromatic rings. The number of hydrogen-bond donors (Lipinski definition) is 1. The van der Waals surface area contributed by atoms with Crippen molar-refractivity contribution >= 4 is 0 Å². The Morgan fingerprint density at radius 1 is 1.19 bits per heavy atom. The summed E-state index contributed by atoms with van der Waals surface area (Å²) in [5.74, 6) is 0.998. The molecule has 0 amide bonds. The first kappa shape index (κ1) is 16.4. The van der Waals surface area contributed by atoms with Gasteiger partial charge in [-0.2, -0.15) is 0 Å². The van der Waals surface area contributed by atoms with Gasteiger partial charge in [-0.15, -0.1) is 0 Å². The van der Waals surface area contributed by atoms with Crippen LogP contribution in [0.2, 0.25) is 0 Å². The molecule has 0 saturated heterocycles. The minimum absolute atomic E-state index is 0.373. The van der Waals surface area contributed by atoms with Gasteiger partial charge in [-0.3, -0.25) is 0 Å². The molecule has 1 saturated carbocycles. The van der Waals surface area contributed by atoms with Gasteiger partial charge in [-0.25, -0.2) is 0 Å². The maximum Gasteiger partial charge on any atom is 0.119 e. The first-order valence-electron chi connectivity index (χ1n) is 8.66. The summed E-state index contributed by atoms with van der Waals surface area (Å²) in [6.45, 7) is 8.56. The van der Waals surface area contributed by atoms with Gasteiger partial charge in [0.25, 0.3) is 0 Å². The zero-order valence-corrected chi connectivity index (χ0v) is 14.0. The summed E-state index contributed by atoms with van der Waals surface area (Å²) in [5.41, 5.74) is 1.76. The lowest BCUT2D eigenvalue weighted by Gasteiger charge is -2.41. The van der Waals surface area contributed by atoms with Gasteiger partial charge in [0.1, 0.15) is 5.75 Å². The number of ether oxygens (including phenoxy) is 1. The highest BCUT2D eigenvalue weighted by Crippen LogP contribution is 2.46. The average Bonchev–Trinajstić information content (AvgIpc) is 2.49. The van der Waals surface area contributed by atoms with E-state index in [1.54, 1.807) is 0 Å². The van der Waals surface area contributed by atoms with Gasteiger partial charge in [-0.1, -0.05) is 45.2 Å². The van der Waals surface area contributed by atoms with Gasteiger partial charge in [0.05, 0.1) is 6.61 Å². The minimum atomic E-state index is 0.373. The predicted octanol–water partition coefficient (Wildman–Crippen LogP) is 5.10. The molecule has 0 aliphatic heterocycles. The molecule has 0 bridgehead atoms. The molecule has 1 aromatic carbocycles. The van der Waals surface area contributed by atoms with E-state index in [0.717, 1.165) is 18.9 Å². The summed E-state index contributed by atoms with van der Waals surface area (Å²) in [5, 5.41) is 3.81. The minimum Gasteiger partial charge on any atom is -0.494 e. The van der Waals surface area contributed by atoms with E-state index in [0.29, 0.717) is 11.5 Å². The number of rotatable bonds is 7. The molecule has 2 nitrogen and oxygen atoms in total. The van der Waals surface area contributed by atoms with Crippen LogP contribution in [0.15, 0.2) is 24.3 Å². The van der Waals surface area contributed by atoms with Crippen LogP contribution < -0.4 is 10.1 Å². The first-order valence-corrected chi connectivity index (χ1v) is 8.66. The summed E-state index contributed by atoms with van der Waals surface area (Å²) in [4.78, 5) is 0. The van der Waals surface area contributed by atoms with Crippen LogP contribution in [0.5, 0.6) is 5.75 Å². The lowest BCUT2D eigenvalue weighted by Crippen LogP contribution is -2.38. The van der Waals surface area contributed by atoms with Crippen molar-refractivity contribution in [3.05, 3.63) is 29.8 Å². The van der Waals surface area contributed by atoms with E-state index in [2.05, 4.69) is 43.4 Å². The fraction of sp³-hybridized carbons (Fsp3) is 0.684. The summed E-state index contributed by atoms with van der Waals surface area (Å²) >= 11 is 0. The third-order valence-corrected chi connectivity index (χ3v) is 4.79. The standard InChI is InChI=1S/C19H31NO/c1-4-14-20-18(19(3)12-7-6-8-13-19)16-10-9-11-17(15-16)21-5-2/h9-11,15,18,20H,4-8,12-14H2,1-3H3. The van der Waals surface area contributed by atoms with Crippen molar-refractivity contribution in [3.63, 3.8) is 0 Å². The van der Waals surface area contributed by atoms with Gasteiger partial charge in [0.2, 0.25) is 0 Å². The van der Waals surface area contributed by atoms with Crippen molar-refractivity contribution < 1.29 is 4.74 Å². The SMILES string of the molecule is CCCNC(c1cccc(OCC)c1)C1(C)CCCCC1. The molecule has 1 fully saturated rings. The van der Waals surface area contributed by atoms with Crippen LogP contribution >= 0.6 is 0 Å². The van der Waals surface area contributed by atoms with E-state index in [9.17, 15) is 0 Å². The zero-order chi connectivity index (χ0) is 15.1. The van der Waals surface area contributed by atoms with E-state index >= 15 is 0 Å². The molecule has 1 aliphatic carbocycles. The third kappa shape index (κ3) is 4.23. The van der Waals surface area contributed by atoms with Crippen molar-refractivity contribution in [3.8, 4) is 5.75 Å². The summed E-state index contributed by atoms with van der Waals surface area (Å²) in [6.07, 6.45) is 7.96. The molecular weight excluding hydrogens is 258 g/mol. The monoisotopic (exact) mass is 289 g/mol. The third-order valence-electron chi connectivity index (χ3n) is 4.79. The molecule has 0 heterocycles. The van der Waals surface area contributed by atoms with Crippen molar-refractivity contribution in [2.75, 3.05) is 13.2 Å². The first-order chi connectivity index (χ1) is 10.2. The summed E-state index contributed by atoms with van der Waals surface area (Å²) < 4.78 is 5.69. The van der Waals surface area contributed by atoms with Crippen LogP contribution in [0.1, 0.15) is 70.9 Å². The van der Waals surface area contributed by atoms with Crippen molar-refractivity contribution in [2.45, 2.75) is 65.3 Å². The quantitative estimate of drug-likeness (QED) is 0.754. The van der Waals surface area contributed by atoms with E-state index in [-0.39, 0.29) is 0 Å². The predicted molar refractivity (Wildman–Crippen MR) is 89.8 cm³/mol. The van der Waals surface area contributed by atoms with Gasteiger partial charge < -0.3 is 10.1 Å². The van der Waals surface area contributed by atoms with E-state index in [1.807, 2.05) is 6.92 Å². The molecule has 0 spiro atoms. The second kappa shape index (κ2) is 7.84. The lowest BCUT2D eigenvalue weighted by molar-refractivity contribution is 0.144. The fourth-order valence-electron chi connectivity index (χ4n) is 3.65. The average molecular weight is 289 g/mol. The highest BCUT2D eigenvalue weighted by Gasteiger charge is 2.36. The number of hydrogen-bond acceptors (Lipinski definition) is 2. The summed E-state index contributed by atoms with van der Waals surface area (Å²) in [7, 11) is 0. The highest BCUT2D eigenvalue weighted by molar-refractivity contribution is 5.32. The van der Waals surface area contributed by atoms with Crippen LogP contribution in [0.3, 0.4) is 0 Å². The van der Waals surface area contributed by atoms with Crippen LogP contribution in [-0.2, 0) is 0 Å². The van der Waals surface area contributed by atoms with Crippen LogP contribution in [0.25, 0.3) is 0 Å². The normalized spacial score (nSPS) is 19.2. The highest BCUT2D eigenvalue weighted by atomic mass is 16.5. The smallest absolute Gasteiger partial charge is 0.119 e. The van der Waals surface area contributed by atoms with Gasteiger partial charge in [0.15, 0.2) is 0 Å². The number of nitrogens with one attached hydrogen (secondary N) is 1. The van der Waals surface area contributed by atoms with Gasteiger partial charge >= 0.3 is 0 Å². The largest absolute Gasteiger partial charge is 0.494 e. The zero-order valence-electron chi connectivity index (χ0n) is 14.0. The van der Waals surface area contributed by atoms with E-state index < -0.39 is 0 Å². The molecule has 0 aromatic heterocycles. The van der Waals surface area contributed by atoms with Crippen molar-refractivity contribution in [1.29, 1.82) is 0 Å². The Labute approximate surface area is 130 Å². The second-order valence-corrected chi connectivity index (χ2v) is 6.61. The molecule has 2 heteroatoms. The van der Waals surface area contributed by atoms with Gasteiger partial charge in [0, 0.05) is 6.04 Å². The lowest BCUT2D eigenvalue weighted by atomic mass is 9.68. The Bertz CT molecular complexity index is 423. The van der Waals surface area contributed by atoms with Crippen molar-refractivity contribution in [2.24, 2.45) is 5.41 Å². The Balaban J connectivity index is 2.23. The van der Waals surface area contributed by atoms with Crippen LogP contribution in [0.4, 0.5) is 0 Å². The Morgan fingerprint density at radius 3 is 2.62 bits per heavy atom. The van der Waals surface area contributed by atoms with Crippen molar-refractivity contribution in [1.82, 2.24) is 5.32 Å². The molecule has 2 rings (SSSR count). The summed E-state index contributed by atoms with van der Waals surface area (Å²) in [6, 6.07) is 9.13. The number of benzene rings is 1. The molecule has 1 unspecified atom stereocenters. The molecule has 118 valence electrons. The van der Waals surface area contributed by atoms with E-state index in [1.165, 1.54) is 44.1 Å². The van der Waals surface area contributed by atoms with E-state index in [4.69, 9.17) is 4.74 Å². The molecular formula is C19H31NO. The molecule has 21 heavy (non-hydrogen) atoms. The Kier molecular flexibility index (Phi) is 6.10. The molecule has 0 radical (unpaired) electrons. The maximum absolute atomic E-state index is 5.69. The molecule has 1 atom stereocenters. The van der Waals surface area contributed by atoms with Crippen LogP contribution in [0, 0.1) is 5.41 Å². The topological polar surface area (TPSA) is 21.3 Å². The second-order valence-electron chi connectivity index (χ2n) is 6.61. The molecule has 1 N–H and O–H groups in total. The Morgan fingerprint density at radius 2 is 1.95 bits per heavy atom. The maximum atomic E-state index is 5.69. The van der Waals surface area contributed by atoms with Gasteiger partial charge in [-0.05, 0) is 55.8 Å². The van der Waals surface area contributed by atoms with Crippen LogP contribution in [-0.4, -0.2) is 13.2 Å². The fourth-order valence-corrected chi connectivity index (χ4v) is 3.65.